The summed E-state index contributed by atoms with van der Waals surface area (Å²) in [6.45, 7) is 3.11. The highest BCUT2D eigenvalue weighted by Gasteiger charge is 2.30. The Balaban J connectivity index is 2.13. The highest BCUT2D eigenvalue weighted by Crippen LogP contribution is 2.35. The van der Waals surface area contributed by atoms with Crippen LogP contribution in [0, 0.1) is 17.2 Å². The van der Waals surface area contributed by atoms with Gasteiger partial charge in [0.25, 0.3) is 0 Å². The SMILES string of the molecule is COc1ccc(C#N)cc1CN(C)C(C)C1CC1. The second-order valence-electron chi connectivity index (χ2n) is 5.13. The first kappa shape index (κ1) is 12.9. The molecule has 3 nitrogen and oxygen atoms in total. The molecule has 1 unspecified atom stereocenters. The van der Waals surface area contributed by atoms with Crippen LogP contribution in [0.2, 0.25) is 0 Å². The molecule has 0 saturated heterocycles. The summed E-state index contributed by atoms with van der Waals surface area (Å²) in [6, 6.07) is 8.38. The molecule has 3 heteroatoms. The van der Waals surface area contributed by atoms with Crippen LogP contribution in [-0.2, 0) is 6.54 Å². The van der Waals surface area contributed by atoms with Gasteiger partial charge in [-0.25, -0.2) is 0 Å². The van der Waals surface area contributed by atoms with E-state index < -0.39 is 0 Å². The Hall–Kier alpha value is -1.53. The third-order valence-corrected chi connectivity index (χ3v) is 3.83. The van der Waals surface area contributed by atoms with Gasteiger partial charge in [-0.3, -0.25) is 4.90 Å². The maximum Gasteiger partial charge on any atom is 0.123 e. The van der Waals surface area contributed by atoms with Crippen LogP contribution >= 0.6 is 0 Å². The summed E-state index contributed by atoms with van der Waals surface area (Å²) < 4.78 is 5.37. The zero-order chi connectivity index (χ0) is 13.1. The molecule has 0 N–H and O–H groups in total. The van der Waals surface area contributed by atoms with Gasteiger partial charge in [0.1, 0.15) is 5.75 Å². The summed E-state index contributed by atoms with van der Waals surface area (Å²) in [7, 11) is 3.82. The van der Waals surface area contributed by atoms with Crippen LogP contribution in [0.5, 0.6) is 5.75 Å². The van der Waals surface area contributed by atoms with E-state index in [2.05, 4.69) is 24.9 Å². The van der Waals surface area contributed by atoms with E-state index in [9.17, 15) is 0 Å². The van der Waals surface area contributed by atoms with Crippen molar-refractivity contribution in [1.29, 1.82) is 5.26 Å². The van der Waals surface area contributed by atoms with Crippen LogP contribution in [0.4, 0.5) is 0 Å². The number of hydrogen-bond acceptors (Lipinski definition) is 3. The van der Waals surface area contributed by atoms with E-state index in [0.717, 1.165) is 23.8 Å². The van der Waals surface area contributed by atoms with Crippen LogP contribution in [0.25, 0.3) is 0 Å². The molecule has 1 atom stereocenters. The van der Waals surface area contributed by atoms with Gasteiger partial charge >= 0.3 is 0 Å². The van der Waals surface area contributed by atoms with Crippen molar-refractivity contribution in [3.8, 4) is 11.8 Å². The average molecular weight is 244 g/mol. The molecular formula is C15H20N2O. The normalized spacial score (nSPS) is 16.4. The van der Waals surface area contributed by atoms with Crippen LogP contribution in [-0.4, -0.2) is 25.1 Å². The molecule has 1 aliphatic carbocycles. The van der Waals surface area contributed by atoms with Gasteiger partial charge in [0.2, 0.25) is 0 Å². The smallest absolute Gasteiger partial charge is 0.123 e. The van der Waals surface area contributed by atoms with E-state index >= 15 is 0 Å². The molecule has 1 fully saturated rings. The standard InChI is InChI=1S/C15H20N2O/c1-11(13-5-6-13)17(2)10-14-8-12(9-16)4-7-15(14)18-3/h4,7-8,11,13H,5-6,10H2,1-3H3. The van der Waals surface area contributed by atoms with E-state index in [1.807, 2.05) is 12.1 Å². The molecule has 1 aromatic rings. The lowest BCUT2D eigenvalue weighted by atomic mass is 10.1. The van der Waals surface area contributed by atoms with Gasteiger partial charge < -0.3 is 4.74 Å². The summed E-state index contributed by atoms with van der Waals surface area (Å²) in [5.41, 5.74) is 1.78. The van der Waals surface area contributed by atoms with Crippen molar-refractivity contribution in [3.05, 3.63) is 29.3 Å². The predicted octanol–water partition coefficient (Wildman–Crippen LogP) is 2.80. The molecule has 0 aliphatic heterocycles. The predicted molar refractivity (Wildman–Crippen MR) is 71.4 cm³/mol. The zero-order valence-corrected chi connectivity index (χ0v) is 11.3. The van der Waals surface area contributed by atoms with Crippen LogP contribution in [0.15, 0.2) is 18.2 Å². The highest BCUT2D eigenvalue weighted by atomic mass is 16.5. The zero-order valence-electron chi connectivity index (χ0n) is 11.3. The van der Waals surface area contributed by atoms with E-state index in [1.165, 1.54) is 12.8 Å². The highest BCUT2D eigenvalue weighted by molar-refractivity contribution is 5.42. The molecule has 0 spiro atoms. The molecular weight excluding hydrogens is 224 g/mol. The van der Waals surface area contributed by atoms with E-state index in [4.69, 9.17) is 10.00 Å². The van der Waals surface area contributed by atoms with Gasteiger partial charge in [0, 0.05) is 18.2 Å². The van der Waals surface area contributed by atoms with Gasteiger partial charge in [0.15, 0.2) is 0 Å². The third-order valence-electron chi connectivity index (χ3n) is 3.83. The number of ether oxygens (including phenoxy) is 1. The Morgan fingerprint density at radius 2 is 2.22 bits per heavy atom. The lowest BCUT2D eigenvalue weighted by Gasteiger charge is -2.25. The third kappa shape index (κ3) is 2.83. The molecule has 96 valence electrons. The fraction of sp³-hybridized carbons (Fsp3) is 0.533. The first-order valence-electron chi connectivity index (χ1n) is 6.43. The van der Waals surface area contributed by atoms with Gasteiger partial charge in [-0.2, -0.15) is 5.26 Å². The Morgan fingerprint density at radius 1 is 1.50 bits per heavy atom. The minimum absolute atomic E-state index is 0.598. The molecule has 1 aliphatic rings. The molecule has 0 bridgehead atoms. The van der Waals surface area contributed by atoms with Crippen molar-refractivity contribution >= 4 is 0 Å². The topological polar surface area (TPSA) is 36.3 Å². The molecule has 2 rings (SSSR count). The summed E-state index contributed by atoms with van der Waals surface area (Å²) in [5, 5.41) is 8.96. The minimum Gasteiger partial charge on any atom is -0.496 e. The van der Waals surface area contributed by atoms with E-state index in [0.29, 0.717) is 11.6 Å². The molecule has 18 heavy (non-hydrogen) atoms. The monoisotopic (exact) mass is 244 g/mol. The number of benzene rings is 1. The van der Waals surface area contributed by atoms with Crippen LogP contribution in [0.3, 0.4) is 0 Å². The Labute approximate surface area is 109 Å². The summed E-state index contributed by atoms with van der Waals surface area (Å²) in [4.78, 5) is 2.34. The lowest BCUT2D eigenvalue weighted by Crippen LogP contribution is -2.30. The number of methoxy groups -OCH3 is 1. The fourth-order valence-electron chi connectivity index (χ4n) is 2.32. The van der Waals surface area contributed by atoms with Crippen molar-refractivity contribution in [2.75, 3.05) is 14.2 Å². The number of nitriles is 1. The van der Waals surface area contributed by atoms with Crippen LogP contribution < -0.4 is 4.74 Å². The average Bonchev–Trinajstić information content (AvgIpc) is 3.22. The summed E-state index contributed by atoms with van der Waals surface area (Å²) in [5.74, 6) is 1.71. The van der Waals surface area contributed by atoms with Gasteiger partial charge in [-0.1, -0.05) is 0 Å². The van der Waals surface area contributed by atoms with E-state index in [1.54, 1.807) is 13.2 Å². The maximum atomic E-state index is 8.96. The quantitative estimate of drug-likeness (QED) is 0.799. The Kier molecular flexibility index (Phi) is 3.88. The summed E-state index contributed by atoms with van der Waals surface area (Å²) in [6.07, 6.45) is 2.70. The summed E-state index contributed by atoms with van der Waals surface area (Å²) >= 11 is 0. The Morgan fingerprint density at radius 3 is 2.78 bits per heavy atom. The molecule has 1 saturated carbocycles. The van der Waals surface area contributed by atoms with Gasteiger partial charge in [-0.05, 0) is 50.9 Å². The fourth-order valence-corrected chi connectivity index (χ4v) is 2.32. The largest absolute Gasteiger partial charge is 0.496 e. The molecule has 0 radical (unpaired) electrons. The van der Waals surface area contributed by atoms with E-state index in [-0.39, 0.29) is 0 Å². The second-order valence-corrected chi connectivity index (χ2v) is 5.13. The van der Waals surface area contributed by atoms with Crippen molar-refractivity contribution in [3.63, 3.8) is 0 Å². The van der Waals surface area contributed by atoms with Crippen molar-refractivity contribution in [2.45, 2.75) is 32.4 Å². The van der Waals surface area contributed by atoms with Gasteiger partial charge in [0.05, 0.1) is 18.7 Å². The molecule has 0 amide bonds. The number of hydrogen-bond donors (Lipinski definition) is 0. The first-order chi connectivity index (χ1) is 8.65. The van der Waals surface area contributed by atoms with Crippen LogP contribution in [0.1, 0.15) is 30.9 Å². The Bertz CT molecular complexity index is 460. The second kappa shape index (κ2) is 5.41. The van der Waals surface area contributed by atoms with Crippen molar-refractivity contribution in [2.24, 2.45) is 5.92 Å². The van der Waals surface area contributed by atoms with Gasteiger partial charge in [-0.15, -0.1) is 0 Å². The minimum atomic E-state index is 0.598. The lowest BCUT2D eigenvalue weighted by molar-refractivity contribution is 0.223. The molecule has 1 aromatic carbocycles. The first-order valence-corrected chi connectivity index (χ1v) is 6.43. The van der Waals surface area contributed by atoms with Crippen molar-refractivity contribution in [1.82, 2.24) is 4.90 Å². The number of rotatable bonds is 5. The maximum absolute atomic E-state index is 8.96. The molecule has 0 aromatic heterocycles. The molecule has 0 heterocycles. The van der Waals surface area contributed by atoms with Crippen molar-refractivity contribution < 1.29 is 4.74 Å². The number of nitrogens with zero attached hydrogens (tertiary/aromatic N) is 2.